The molecule has 1 aromatic rings. The van der Waals surface area contributed by atoms with Gasteiger partial charge in [-0.1, -0.05) is 36.4 Å². The molecule has 3 rings (SSSR count). The van der Waals surface area contributed by atoms with E-state index in [9.17, 15) is 18.9 Å². The second-order valence-corrected chi connectivity index (χ2v) is 8.15. The van der Waals surface area contributed by atoms with Crippen LogP contribution in [0.25, 0.3) is 0 Å². The maximum atomic E-state index is 12.6. The van der Waals surface area contributed by atoms with Gasteiger partial charge in [-0.25, -0.2) is 4.79 Å². The Kier molecular flexibility index (Phi) is 4.56. The molecule has 7 heteroatoms. The van der Waals surface area contributed by atoms with E-state index in [1.807, 2.05) is 30.3 Å². The van der Waals surface area contributed by atoms with Crippen molar-refractivity contribution in [3.63, 3.8) is 0 Å². The standard InChI is InChI=1S/C17H19NO5S/c1-17(15(16(20)21)18-10-8-13(18)24(17)22)9-7-14(19)23-11-12-5-3-2-4-6-12/h2-7,9,13,15H,8,10-11H2,1H3,(H,20,21)/b9-7+. The Labute approximate surface area is 142 Å². The molecule has 2 aliphatic heterocycles. The van der Waals surface area contributed by atoms with Crippen LogP contribution in [0.1, 0.15) is 18.9 Å². The zero-order valence-corrected chi connectivity index (χ0v) is 14.1. The Morgan fingerprint density at radius 3 is 2.71 bits per heavy atom. The van der Waals surface area contributed by atoms with E-state index < -0.39 is 33.5 Å². The van der Waals surface area contributed by atoms with Crippen LogP contribution in [-0.2, 0) is 31.7 Å². The third-order valence-electron chi connectivity index (χ3n) is 4.57. The monoisotopic (exact) mass is 349 g/mol. The Bertz CT molecular complexity index is 704. The first-order valence-corrected chi connectivity index (χ1v) is 8.94. The molecule has 0 aromatic heterocycles. The van der Waals surface area contributed by atoms with Gasteiger partial charge in [-0.05, 0) is 18.9 Å². The summed E-state index contributed by atoms with van der Waals surface area (Å²) in [5.74, 6) is -1.59. The Morgan fingerprint density at radius 1 is 1.42 bits per heavy atom. The second-order valence-electron chi connectivity index (χ2n) is 6.13. The minimum absolute atomic E-state index is 0.140. The van der Waals surface area contributed by atoms with Crippen molar-refractivity contribution in [3.8, 4) is 0 Å². The van der Waals surface area contributed by atoms with Crippen molar-refractivity contribution in [1.82, 2.24) is 4.90 Å². The van der Waals surface area contributed by atoms with Crippen LogP contribution < -0.4 is 0 Å². The van der Waals surface area contributed by atoms with Crippen molar-refractivity contribution < 1.29 is 23.6 Å². The fraction of sp³-hybridized carbons (Fsp3) is 0.412. The van der Waals surface area contributed by atoms with Crippen LogP contribution in [0, 0.1) is 0 Å². The van der Waals surface area contributed by atoms with Crippen molar-refractivity contribution in [2.24, 2.45) is 0 Å². The number of carbonyl (C=O) groups is 2. The van der Waals surface area contributed by atoms with Crippen LogP contribution in [0.3, 0.4) is 0 Å². The largest absolute Gasteiger partial charge is 0.480 e. The van der Waals surface area contributed by atoms with Crippen LogP contribution >= 0.6 is 0 Å². The minimum Gasteiger partial charge on any atom is -0.480 e. The van der Waals surface area contributed by atoms with Crippen LogP contribution in [0.2, 0.25) is 0 Å². The zero-order valence-electron chi connectivity index (χ0n) is 13.3. The summed E-state index contributed by atoms with van der Waals surface area (Å²) in [6.45, 7) is 2.39. The van der Waals surface area contributed by atoms with Crippen molar-refractivity contribution in [2.45, 2.75) is 36.1 Å². The molecule has 0 saturated carbocycles. The molecule has 128 valence electrons. The number of carboxylic acids is 1. The summed E-state index contributed by atoms with van der Waals surface area (Å²) in [6, 6.07) is 8.38. The Hall–Kier alpha value is -1.99. The molecule has 1 N–H and O–H groups in total. The average Bonchev–Trinajstić information content (AvgIpc) is 2.69. The molecule has 24 heavy (non-hydrogen) atoms. The highest BCUT2D eigenvalue weighted by molar-refractivity contribution is 7.87. The number of benzene rings is 1. The van der Waals surface area contributed by atoms with Gasteiger partial charge >= 0.3 is 11.9 Å². The van der Waals surface area contributed by atoms with Crippen molar-refractivity contribution in [3.05, 3.63) is 48.0 Å². The van der Waals surface area contributed by atoms with Gasteiger partial charge in [0.15, 0.2) is 0 Å². The van der Waals surface area contributed by atoms with E-state index >= 15 is 0 Å². The lowest BCUT2D eigenvalue weighted by Gasteiger charge is -2.36. The van der Waals surface area contributed by atoms with E-state index in [-0.39, 0.29) is 12.0 Å². The number of nitrogens with zero attached hydrogens (tertiary/aromatic N) is 1. The normalized spacial score (nSPS) is 32.3. The molecule has 2 saturated heterocycles. The van der Waals surface area contributed by atoms with Gasteiger partial charge < -0.3 is 9.84 Å². The molecule has 2 fully saturated rings. The highest BCUT2D eigenvalue weighted by Crippen LogP contribution is 2.43. The molecule has 2 heterocycles. The highest BCUT2D eigenvalue weighted by Gasteiger charge is 2.60. The van der Waals surface area contributed by atoms with Gasteiger partial charge in [0.2, 0.25) is 0 Å². The first kappa shape index (κ1) is 16.9. The first-order chi connectivity index (χ1) is 11.4. The quantitative estimate of drug-likeness (QED) is 0.637. The predicted octanol–water partition coefficient (Wildman–Crippen LogP) is 1.29. The summed E-state index contributed by atoms with van der Waals surface area (Å²) in [5, 5.41) is 9.24. The molecule has 0 spiro atoms. The van der Waals surface area contributed by atoms with E-state index in [0.29, 0.717) is 6.54 Å². The van der Waals surface area contributed by atoms with Gasteiger partial charge in [-0.2, -0.15) is 0 Å². The van der Waals surface area contributed by atoms with Gasteiger partial charge in [0.25, 0.3) is 0 Å². The molecule has 0 amide bonds. The molecule has 0 aliphatic carbocycles. The van der Waals surface area contributed by atoms with Crippen LogP contribution in [0.15, 0.2) is 42.5 Å². The minimum atomic E-state index is -1.37. The topological polar surface area (TPSA) is 83.9 Å². The summed E-state index contributed by atoms with van der Waals surface area (Å²) in [5.41, 5.74) is 0.863. The number of esters is 1. The summed E-state index contributed by atoms with van der Waals surface area (Å²) in [4.78, 5) is 25.2. The summed E-state index contributed by atoms with van der Waals surface area (Å²) < 4.78 is 16.6. The fourth-order valence-electron chi connectivity index (χ4n) is 3.20. The van der Waals surface area contributed by atoms with E-state index in [1.54, 1.807) is 11.8 Å². The second kappa shape index (κ2) is 6.49. The molecule has 4 unspecified atom stereocenters. The van der Waals surface area contributed by atoms with E-state index in [0.717, 1.165) is 12.0 Å². The third kappa shape index (κ3) is 2.89. The number of fused-ring (bicyclic) bond motifs is 1. The van der Waals surface area contributed by atoms with Gasteiger partial charge in [0, 0.05) is 12.6 Å². The van der Waals surface area contributed by atoms with Gasteiger partial charge in [0.1, 0.15) is 12.6 Å². The summed E-state index contributed by atoms with van der Waals surface area (Å²) in [7, 11) is -1.37. The molecule has 0 bridgehead atoms. The number of hydrogen-bond acceptors (Lipinski definition) is 5. The maximum absolute atomic E-state index is 12.6. The van der Waals surface area contributed by atoms with Gasteiger partial charge in [-0.15, -0.1) is 0 Å². The molecule has 1 aromatic carbocycles. The average molecular weight is 349 g/mol. The molecular formula is C17H19NO5S. The first-order valence-electron chi connectivity index (χ1n) is 7.72. The Morgan fingerprint density at radius 2 is 2.12 bits per heavy atom. The predicted molar refractivity (Wildman–Crippen MR) is 88.5 cm³/mol. The van der Waals surface area contributed by atoms with Crippen LogP contribution in [0.4, 0.5) is 0 Å². The number of carbonyl (C=O) groups excluding carboxylic acids is 1. The summed E-state index contributed by atoms with van der Waals surface area (Å²) in [6.07, 6.45) is 3.36. The van der Waals surface area contributed by atoms with E-state index in [4.69, 9.17) is 4.74 Å². The van der Waals surface area contributed by atoms with Gasteiger partial charge in [0.05, 0.1) is 20.9 Å². The maximum Gasteiger partial charge on any atom is 0.330 e. The number of hydrogen-bond donors (Lipinski definition) is 1. The fourth-order valence-corrected chi connectivity index (χ4v) is 5.23. The molecule has 6 nitrogen and oxygen atoms in total. The van der Waals surface area contributed by atoms with Crippen LogP contribution in [-0.4, -0.2) is 48.9 Å². The molecule has 2 aliphatic rings. The number of ether oxygens (including phenoxy) is 1. The van der Waals surface area contributed by atoms with E-state index in [1.165, 1.54) is 12.2 Å². The number of rotatable bonds is 5. The lowest BCUT2D eigenvalue weighted by molar-refractivity contribution is -0.145. The highest BCUT2D eigenvalue weighted by atomic mass is 32.2. The number of aliphatic carboxylic acids is 1. The lowest BCUT2D eigenvalue weighted by atomic mass is 9.96. The smallest absolute Gasteiger partial charge is 0.330 e. The van der Waals surface area contributed by atoms with Crippen molar-refractivity contribution in [2.75, 3.05) is 6.54 Å². The van der Waals surface area contributed by atoms with E-state index in [2.05, 4.69) is 0 Å². The zero-order chi connectivity index (χ0) is 17.3. The number of carboxylic acid groups (broad SMARTS) is 1. The Balaban J connectivity index is 1.68. The van der Waals surface area contributed by atoms with Gasteiger partial charge in [-0.3, -0.25) is 13.9 Å². The summed E-state index contributed by atoms with van der Waals surface area (Å²) >= 11 is 0. The molecule has 4 atom stereocenters. The third-order valence-corrected chi connectivity index (χ3v) is 6.79. The molecular weight excluding hydrogens is 330 g/mol. The van der Waals surface area contributed by atoms with Crippen LogP contribution in [0.5, 0.6) is 0 Å². The molecule has 0 radical (unpaired) electrons. The lowest BCUT2D eigenvalue weighted by Crippen LogP contribution is -2.53. The van der Waals surface area contributed by atoms with Crippen molar-refractivity contribution in [1.29, 1.82) is 0 Å². The van der Waals surface area contributed by atoms with Crippen molar-refractivity contribution >= 4 is 22.7 Å². The SMILES string of the molecule is CC1(/C=C/C(=O)OCc2ccccc2)C(C(=O)O)N2CCC2S1=O.